The van der Waals surface area contributed by atoms with Crippen LogP contribution >= 0.6 is 0 Å². The van der Waals surface area contributed by atoms with E-state index in [2.05, 4.69) is 10.1 Å². The number of aryl methyl sites for hydroxylation is 1. The zero-order chi connectivity index (χ0) is 9.14. The van der Waals surface area contributed by atoms with Crippen LogP contribution in [0.5, 0.6) is 0 Å². The van der Waals surface area contributed by atoms with Crippen LogP contribution in [-0.2, 0) is 0 Å². The smallest absolute Gasteiger partial charge is 0.129 e. The van der Waals surface area contributed by atoms with Gasteiger partial charge in [-0.25, -0.2) is 4.39 Å². The number of rotatable bonds is 1. The molecule has 1 aromatic rings. The highest BCUT2D eigenvalue weighted by Crippen LogP contribution is 2.06. The average molecular weight is 168 g/mol. The maximum Gasteiger partial charge on any atom is 0.129 e. The molecule has 1 heterocycles. The van der Waals surface area contributed by atoms with E-state index in [1.165, 1.54) is 12.3 Å². The van der Waals surface area contributed by atoms with Crippen molar-refractivity contribution in [2.24, 2.45) is 5.16 Å². The van der Waals surface area contributed by atoms with Gasteiger partial charge in [-0.15, -0.1) is 0 Å². The van der Waals surface area contributed by atoms with Crippen molar-refractivity contribution in [3.63, 3.8) is 0 Å². The third-order valence-corrected chi connectivity index (χ3v) is 1.56. The van der Waals surface area contributed by atoms with E-state index in [1.54, 1.807) is 13.8 Å². The normalized spacial score (nSPS) is 11.8. The van der Waals surface area contributed by atoms with Crippen LogP contribution < -0.4 is 0 Å². The van der Waals surface area contributed by atoms with Crippen molar-refractivity contribution in [3.05, 3.63) is 29.3 Å². The molecule has 0 fully saturated rings. The van der Waals surface area contributed by atoms with E-state index in [0.717, 1.165) is 0 Å². The summed E-state index contributed by atoms with van der Waals surface area (Å²) in [5, 5.41) is 11.3. The minimum absolute atomic E-state index is 0.300. The van der Waals surface area contributed by atoms with Gasteiger partial charge < -0.3 is 5.21 Å². The molecular formula is C8H9FN2O. The molecule has 0 saturated heterocycles. The molecule has 0 spiro atoms. The first kappa shape index (κ1) is 8.64. The van der Waals surface area contributed by atoms with E-state index in [1.807, 2.05) is 0 Å². The predicted molar refractivity (Wildman–Crippen MR) is 42.9 cm³/mol. The highest BCUT2D eigenvalue weighted by atomic mass is 19.1. The van der Waals surface area contributed by atoms with E-state index in [4.69, 9.17) is 5.21 Å². The Bertz CT molecular complexity index is 323. The van der Waals surface area contributed by atoms with Gasteiger partial charge in [0.15, 0.2) is 0 Å². The molecule has 0 aliphatic carbocycles. The van der Waals surface area contributed by atoms with Gasteiger partial charge in [-0.1, -0.05) is 5.16 Å². The first-order valence-electron chi connectivity index (χ1n) is 3.46. The minimum Gasteiger partial charge on any atom is -0.411 e. The lowest BCUT2D eigenvalue weighted by atomic mass is 10.2. The minimum atomic E-state index is -0.344. The number of pyridine rings is 1. The van der Waals surface area contributed by atoms with Gasteiger partial charge >= 0.3 is 0 Å². The first-order valence-corrected chi connectivity index (χ1v) is 3.46. The van der Waals surface area contributed by atoms with Crippen molar-refractivity contribution in [3.8, 4) is 0 Å². The lowest BCUT2D eigenvalue weighted by Gasteiger charge is -1.99. The summed E-state index contributed by atoms with van der Waals surface area (Å²) in [6.45, 7) is 3.18. The maximum atomic E-state index is 12.9. The fraction of sp³-hybridized carbons (Fsp3) is 0.250. The Balaban J connectivity index is 3.13. The van der Waals surface area contributed by atoms with Crippen molar-refractivity contribution in [1.29, 1.82) is 0 Å². The summed E-state index contributed by atoms with van der Waals surface area (Å²) < 4.78 is 12.9. The number of hydrogen-bond acceptors (Lipinski definition) is 3. The summed E-state index contributed by atoms with van der Waals surface area (Å²) in [6, 6.07) is 1.24. The third-order valence-electron chi connectivity index (χ3n) is 1.56. The van der Waals surface area contributed by atoms with Crippen LogP contribution in [0.1, 0.15) is 18.2 Å². The molecule has 64 valence electrons. The Kier molecular flexibility index (Phi) is 2.38. The van der Waals surface area contributed by atoms with E-state index >= 15 is 0 Å². The van der Waals surface area contributed by atoms with E-state index in [0.29, 0.717) is 17.0 Å². The molecule has 0 unspecified atom stereocenters. The topological polar surface area (TPSA) is 45.5 Å². The molecule has 0 bridgehead atoms. The molecule has 0 aliphatic heterocycles. The van der Waals surface area contributed by atoms with E-state index in [9.17, 15) is 4.39 Å². The van der Waals surface area contributed by atoms with Gasteiger partial charge in [0, 0.05) is 17.8 Å². The Morgan fingerprint density at radius 2 is 2.33 bits per heavy atom. The van der Waals surface area contributed by atoms with Crippen molar-refractivity contribution in [2.45, 2.75) is 13.8 Å². The molecule has 12 heavy (non-hydrogen) atoms. The van der Waals surface area contributed by atoms with Crippen molar-refractivity contribution >= 4 is 5.71 Å². The largest absolute Gasteiger partial charge is 0.411 e. The van der Waals surface area contributed by atoms with Crippen LogP contribution in [-0.4, -0.2) is 15.9 Å². The molecule has 0 saturated carbocycles. The van der Waals surface area contributed by atoms with Crippen LogP contribution in [0.15, 0.2) is 17.4 Å². The number of oxime groups is 1. The monoisotopic (exact) mass is 168 g/mol. The molecule has 1 N–H and O–H groups in total. The molecule has 1 aromatic heterocycles. The maximum absolute atomic E-state index is 12.9. The van der Waals surface area contributed by atoms with Gasteiger partial charge in [0.05, 0.1) is 5.69 Å². The van der Waals surface area contributed by atoms with Gasteiger partial charge in [-0.05, 0) is 13.8 Å². The second-order valence-electron chi connectivity index (χ2n) is 2.50. The Hall–Kier alpha value is -1.45. The second-order valence-corrected chi connectivity index (χ2v) is 2.50. The average Bonchev–Trinajstić information content (AvgIpc) is 2.08. The number of aromatic nitrogens is 1. The Morgan fingerprint density at radius 1 is 1.67 bits per heavy atom. The lowest BCUT2D eigenvalue weighted by molar-refractivity contribution is 0.319. The third kappa shape index (κ3) is 1.58. The summed E-state index contributed by atoms with van der Waals surface area (Å²) >= 11 is 0. The fourth-order valence-electron chi connectivity index (χ4n) is 0.748. The molecule has 1 rings (SSSR count). The van der Waals surface area contributed by atoms with Crippen molar-refractivity contribution < 1.29 is 9.60 Å². The SMILES string of the molecule is C/C(=N\O)c1cc(F)c(C)cn1. The Labute approximate surface area is 69.6 Å². The van der Waals surface area contributed by atoms with E-state index < -0.39 is 0 Å². The molecule has 0 amide bonds. The van der Waals surface area contributed by atoms with Crippen LogP contribution in [0.4, 0.5) is 4.39 Å². The number of nitrogens with zero attached hydrogens (tertiary/aromatic N) is 2. The van der Waals surface area contributed by atoms with Crippen LogP contribution in [0, 0.1) is 12.7 Å². The summed E-state index contributed by atoms with van der Waals surface area (Å²) in [4.78, 5) is 3.88. The standard InChI is InChI=1S/C8H9FN2O/c1-5-4-10-8(3-7(5)9)6(2)11-12/h3-4,12H,1-2H3/b11-6+. The summed E-state index contributed by atoms with van der Waals surface area (Å²) in [6.07, 6.45) is 1.40. The molecule has 0 aromatic carbocycles. The lowest BCUT2D eigenvalue weighted by Crippen LogP contribution is -2.00. The summed E-state index contributed by atoms with van der Waals surface area (Å²) in [7, 11) is 0. The van der Waals surface area contributed by atoms with Crippen LogP contribution in [0.2, 0.25) is 0 Å². The molecule has 0 atom stereocenters. The van der Waals surface area contributed by atoms with Crippen LogP contribution in [0.3, 0.4) is 0 Å². The molecule has 4 heteroatoms. The number of halogens is 1. The van der Waals surface area contributed by atoms with E-state index in [-0.39, 0.29) is 5.82 Å². The van der Waals surface area contributed by atoms with Gasteiger partial charge in [0.25, 0.3) is 0 Å². The summed E-state index contributed by atoms with van der Waals surface area (Å²) in [5.41, 5.74) is 1.12. The first-order chi connectivity index (χ1) is 5.65. The zero-order valence-corrected chi connectivity index (χ0v) is 6.87. The highest BCUT2D eigenvalue weighted by Gasteiger charge is 2.03. The molecule has 0 aliphatic rings. The second kappa shape index (κ2) is 3.30. The van der Waals surface area contributed by atoms with Gasteiger partial charge in [0.2, 0.25) is 0 Å². The summed E-state index contributed by atoms with van der Waals surface area (Å²) in [5.74, 6) is -0.344. The van der Waals surface area contributed by atoms with Crippen LogP contribution in [0.25, 0.3) is 0 Å². The highest BCUT2D eigenvalue weighted by molar-refractivity contribution is 5.96. The zero-order valence-electron chi connectivity index (χ0n) is 6.87. The quantitative estimate of drug-likeness (QED) is 0.394. The Morgan fingerprint density at radius 3 is 2.83 bits per heavy atom. The predicted octanol–water partition coefficient (Wildman–Crippen LogP) is 1.73. The molecule has 3 nitrogen and oxygen atoms in total. The van der Waals surface area contributed by atoms with Crippen molar-refractivity contribution in [1.82, 2.24) is 4.98 Å². The fourth-order valence-corrected chi connectivity index (χ4v) is 0.748. The molecular weight excluding hydrogens is 159 g/mol. The van der Waals surface area contributed by atoms with Gasteiger partial charge in [-0.2, -0.15) is 0 Å². The number of hydrogen-bond donors (Lipinski definition) is 1. The molecule has 0 radical (unpaired) electrons. The van der Waals surface area contributed by atoms with Gasteiger partial charge in [0.1, 0.15) is 11.5 Å². The van der Waals surface area contributed by atoms with Crippen molar-refractivity contribution in [2.75, 3.05) is 0 Å². The van der Waals surface area contributed by atoms with Gasteiger partial charge in [-0.3, -0.25) is 4.98 Å².